The van der Waals surface area contributed by atoms with Gasteiger partial charge in [0.05, 0.1) is 0 Å². The molecule has 2 N–H and O–H groups in total. The second kappa shape index (κ2) is 7.30. The summed E-state index contributed by atoms with van der Waals surface area (Å²) in [6, 6.07) is 6.15. The van der Waals surface area contributed by atoms with Crippen LogP contribution in [0.15, 0.2) is 18.2 Å². The minimum absolute atomic E-state index is 0.562. The molecule has 3 nitrogen and oxygen atoms in total. The minimum Gasteiger partial charge on any atom is -0.492 e. The molecule has 0 amide bonds. The van der Waals surface area contributed by atoms with Crippen molar-refractivity contribution in [3.8, 4) is 5.75 Å². The number of rotatable bonds is 7. The van der Waals surface area contributed by atoms with E-state index in [0.717, 1.165) is 37.6 Å². The lowest BCUT2D eigenvalue weighted by Crippen LogP contribution is -2.28. The van der Waals surface area contributed by atoms with Gasteiger partial charge in [-0.1, -0.05) is 26.0 Å². The molecule has 0 aliphatic carbocycles. The molecule has 0 saturated heterocycles. The number of likely N-dealkylation sites (N-methyl/N-ethyl adjacent to an activating group) is 1. The Balaban J connectivity index is 2.50. The first-order chi connectivity index (χ1) is 8.21. The average molecular weight is 236 g/mol. The minimum atomic E-state index is 0.562. The Bertz CT molecular complexity index is 335. The molecule has 0 aliphatic rings. The van der Waals surface area contributed by atoms with E-state index in [4.69, 9.17) is 10.5 Å². The Kier molecular flexibility index (Phi) is 6.01. The van der Waals surface area contributed by atoms with Crippen LogP contribution in [0.25, 0.3) is 0 Å². The van der Waals surface area contributed by atoms with Crippen molar-refractivity contribution in [2.75, 3.05) is 26.2 Å². The van der Waals surface area contributed by atoms with E-state index < -0.39 is 0 Å². The highest BCUT2D eigenvalue weighted by atomic mass is 16.5. The second-order valence-electron chi connectivity index (χ2n) is 4.18. The molecule has 0 bridgehead atoms. The Morgan fingerprint density at radius 3 is 2.53 bits per heavy atom. The first kappa shape index (κ1) is 14.0. The van der Waals surface area contributed by atoms with E-state index in [2.05, 4.69) is 31.7 Å². The molecule has 0 atom stereocenters. The van der Waals surface area contributed by atoms with E-state index in [-0.39, 0.29) is 0 Å². The van der Waals surface area contributed by atoms with E-state index in [1.807, 2.05) is 12.1 Å². The summed E-state index contributed by atoms with van der Waals surface area (Å²) in [4.78, 5) is 2.35. The van der Waals surface area contributed by atoms with Crippen LogP contribution in [0.2, 0.25) is 0 Å². The van der Waals surface area contributed by atoms with E-state index in [0.29, 0.717) is 6.54 Å². The van der Waals surface area contributed by atoms with Gasteiger partial charge in [-0.15, -0.1) is 0 Å². The quantitative estimate of drug-likeness (QED) is 0.788. The molecule has 96 valence electrons. The van der Waals surface area contributed by atoms with E-state index in [1.54, 1.807) is 0 Å². The van der Waals surface area contributed by atoms with Crippen molar-refractivity contribution in [1.29, 1.82) is 0 Å². The summed E-state index contributed by atoms with van der Waals surface area (Å²) < 4.78 is 5.82. The summed E-state index contributed by atoms with van der Waals surface area (Å²) in [5.74, 6) is 0.958. The molecule has 0 spiro atoms. The first-order valence-electron chi connectivity index (χ1n) is 6.36. The molecule has 1 rings (SSSR count). The lowest BCUT2D eigenvalue weighted by Gasteiger charge is -2.18. The van der Waals surface area contributed by atoms with Crippen LogP contribution < -0.4 is 10.5 Å². The van der Waals surface area contributed by atoms with Gasteiger partial charge in [-0.05, 0) is 37.2 Å². The monoisotopic (exact) mass is 236 g/mol. The smallest absolute Gasteiger partial charge is 0.122 e. The maximum Gasteiger partial charge on any atom is 0.122 e. The normalized spacial score (nSPS) is 10.9. The van der Waals surface area contributed by atoms with Crippen LogP contribution in [0, 0.1) is 6.92 Å². The highest BCUT2D eigenvalue weighted by Crippen LogP contribution is 2.19. The predicted octanol–water partition coefficient (Wildman–Crippen LogP) is 2.17. The number of nitrogens with two attached hydrogens (primary N) is 1. The van der Waals surface area contributed by atoms with Gasteiger partial charge < -0.3 is 15.4 Å². The molecule has 1 aromatic rings. The molecule has 0 fully saturated rings. The summed E-state index contributed by atoms with van der Waals surface area (Å²) in [5, 5.41) is 0. The number of hydrogen-bond acceptors (Lipinski definition) is 3. The molecule has 0 unspecified atom stereocenters. The predicted molar refractivity (Wildman–Crippen MR) is 72.4 cm³/mol. The van der Waals surface area contributed by atoms with E-state index >= 15 is 0 Å². The van der Waals surface area contributed by atoms with Crippen LogP contribution in [0.1, 0.15) is 25.0 Å². The summed E-state index contributed by atoms with van der Waals surface area (Å²) in [6.45, 7) is 10.8. The van der Waals surface area contributed by atoms with Crippen molar-refractivity contribution >= 4 is 0 Å². The zero-order valence-electron chi connectivity index (χ0n) is 11.2. The molecule has 0 saturated carbocycles. The third kappa shape index (κ3) is 4.36. The molecule has 17 heavy (non-hydrogen) atoms. The second-order valence-corrected chi connectivity index (χ2v) is 4.18. The summed E-state index contributed by atoms with van der Waals surface area (Å²) in [5.41, 5.74) is 7.91. The van der Waals surface area contributed by atoms with Gasteiger partial charge in [0, 0.05) is 13.1 Å². The van der Waals surface area contributed by atoms with Crippen LogP contribution in [0.4, 0.5) is 0 Å². The zero-order valence-corrected chi connectivity index (χ0v) is 11.2. The maximum atomic E-state index is 5.82. The van der Waals surface area contributed by atoms with Crippen molar-refractivity contribution in [1.82, 2.24) is 4.90 Å². The Labute approximate surface area is 105 Å². The summed E-state index contributed by atoms with van der Waals surface area (Å²) in [7, 11) is 0. The van der Waals surface area contributed by atoms with Crippen LogP contribution in [0.5, 0.6) is 5.75 Å². The first-order valence-corrected chi connectivity index (χ1v) is 6.36. The van der Waals surface area contributed by atoms with Crippen molar-refractivity contribution in [2.24, 2.45) is 5.73 Å². The highest BCUT2D eigenvalue weighted by molar-refractivity contribution is 5.36. The van der Waals surface area contributed by atoms with Crippen molar-refractivity contribution in [2.45, 2.75) is 27.3 Å². The van der Waals surface area contributed by atoms with Crippen LogP contribution in [0.3, 0.4) is 0 Å². The lowest BCUT2D eigenvalue weighted by atomic mass is 10.1. The van der Waals surface area contributed by atoms with Gasteiger partial charge >= 0.3 is 0 Å². The molecular formula is C14H24N2O. The van der Waals surface area contributed by atoms with Crippen LogP contribution in [-0.4, -0.2) is 31.1 Å². The Morgan fingerprint density at radius 1 is 1.24 bits per heavy atom. The fourth-order valence-electron chi connectivity index (χ4n) is 1.75. The fourth-order valence-corrected chi connectivity index (χ4v) is 1.75. The standard InChI is InChI=1S/C14H24N2O/c1-4-16(5-2)8-9-17-14-10-13(11-15)7-6-12(14)3/h6-7,10H,4-5,8-9,11,15H2,1-3H3. The number of hydrogen-bond donors (Lipinski definition) is 1. The third-order valence-electron chi connectivity index (χ3n) is 3.05. The SMILES string of the molecule is CCN(CC)CCOc1cc(CN)ccc1C. The summed E-state index contributed by atoms with van der Waals surface area (Å²) in [6.07, 6.45) is 0. The van der Waals surface area contributed by atoms with E-state index in [1.165, 1.54) is 5.56 Å². The van der Waals surface area contributed by atoms with Crippen molar-refractivity contribution in [3.05, 3.63) is 29.3 Å². The van der Waals surface area contributed by atoms with Gasteiger partial charge in [0.2, 0.25) is 0 Å². The molecular weight excluding hydrogens is 212 g/mol. The molecule has 1 aromatic carbocycles. The Morgan fingerprint density at radius 2 is 1.94 bits per heavy atom. The van der Waals surface area contributed by atoms with E-state index in [9.17, 15) is 0 Å². The number of aryl methyl sites for hydroxylation is 1. The van der Waals surface area contributed by atoms with Crippen molar-refractivity contribution < 1.29 is 4.74 Å². The van der Waals surface area contributed by atoms with Crippen LogP contribution >= 0.6 is 0 Å². The largest absolute Gasteiger partial charge is 0.492 e. The molecule has 0 heterocycles. The van der Waals surface area contributed by atoms with Crippen LogP contribution in [-0.2, 0) is 6.54 Å². The average Bonchev–Trinajstić information content (AvgIpc) is 2.36. The van der Waals surface area contributed by atoms with Gasteiger partial charge in [0.15, 0.2) is 0 Å². The fraction of sp³-hybridized carbons (Fsp3) is 0.571. The van der Waals surface area contributed by atoms with Gasteiger partial charge in [-0.2, -0.15) is 0 Å². The van der Waals surface area contributed by atoms with Gasteiger partial charge in [0.1, 0.15) is 12.4 Å². The molecule has 0 radical (unpaired) electrons. The van der Waals surface area contributed by atoms with Gasteiger partial charge in [-0.25, -0.2) is 0 Å². The zero-order chi connectivity index (χ0) is 12.7. The highest BCUT2D eigenvalue weighted by Gasteiger charge is 2.03. The number of nitrogens with zero attached hydrogens (tertiary/aromatic N) is 1. The topological polar surface area (TPSA) is 38.5 Å². The van der Waals surface area contributed by atoms with Crippen molar-refractivity contribution in [3.63, 3.8) is 0 Å². The molecule has 0 aliphatic heterocycles. The Hall–Kier alpha value is -1.06. The number of benzene rings is 1. The third-order valence-corrected chi connectivity index (χ3v) is 3.05. The maximum absolute atomic E-state index is 5.82. The lowest BCUT2D eigenvalue weighted by molar-refractivity contribution is 0.222. The summed E-state index contributed by atoms with van der Waals surface area (Å²) >= 11 is 0. The number of ether oxygens (including phenoxy) is 1. The molecule has 3 heteroatoms. The molecule has 0 aromatic heterocycles. The van der Waals surface area contributed by atoms with Gasteiger partial charge in [0.25, 0.3) is 0 Å². The van der Waals surface area contributed by atoms with Gasteiger partial charge in [-0.3, -0.25) is 0 Å².